The van der Waals surface area contributed by atoms with Crippen LogP contribution in [0.15, 0.2) is 74.1 Å². The third kappa shape index (κ3) is 3.34. The van der Waals surface area contributed by atoms with Crippen LogP contribution in [0.2, 0.25) is 0 Å². The predicted octanol–water partition coefficient (Wildman–Crippen LogP) is 5.19. The van der Waals surface area contributed by atoms with Crippen molar-refractivity contribution in [2.75, 3.05) is 0 Å². The molecule has 22 heavy (non-hydrogen) atoms. The summed E-state index contributed by atoms with van der Waals surface area (Å²) in [7, 11) is 0. The Morgan fingerprint density at radius 2 is 1.95 bits per heavy atom. The molecule has 0 unspecified atom stereocenters. The van der Waals surface area contributed by atoms with Crippen LogP contribution in [0.1, 0.15) is 18.2 Å². The number of imidazole rings is 1. The number of nitrogens with zero attached hydrogens (tertiary/aromatic N) is 2. The molecule has 1 aromatic carbocycles. The van der Waals surface area contributed by atoms with Crippen molar-refractivity contribution in [2.24, 2.45) is 0 Å². The molecular formula is C20H22N2. The predicted molar refractivity (Wildman–Crippen MR) is 95.6 cm³/mol. The van der Waals surface area contributed by atoms with Gasteiger partial charge >= 0.3 is 0 Å². The maximum atomic E-state index is 4.63. The van der Waals surface area contributed by atoms with Crippen LogP contribution in [-0.4, -0.2) is 9.55 Å². The fourth-order valence-corrected chi connectivity index (χ4v) is 2.41. The van der Waals surface area contributed by atoms with Gasteiger partial charge in [-0.05, 0) is 13.8 Å². The van der Waals surface area contributed by atoms with Crippen LogP contribution in [0.25, 0.3) is 16.8 Å². The minimum Gasteiger partial charge on any atom is -0.326 e. The first-order valence-electron chi connectivity index (χ1n) is 7.40. The summed E-state index contributed by atoms with van der Waals surface area (Å²) < 4.78 is 2.11. The van der Waals surface area contributed by atoms with E-state index in [1.165, 1.54) is 5.56 Å². The van der Waals surface area contributed by atoms with E-state index in [0.717, 1.165) is 29.1 Å². The van der Waals surface area contributed by atoms with E-state index in [0.29, 0.717) is 0 Å². The summed E-state index contributed by atoms with van der Waals surface area (Å²) in [6.45, 7) is 12.5. The molecule has 2 heteroatoms. The Kier molecular flexibility index (Phi) is 5.31. The summed E-state index contributed by atoms with van der Waals surface area (Å²) in [6, 6.07) is 8.44. The molecule has 0 aliphatic rings. The molecule has 0 saturated heterocycles. The lowest BCUT2D eigenvalue weighted by molar-refractivity contribution is 0.811. The normalized spacial score (nSPS) is 11.8. The van der Waals surface area contributed by atoms with Gasteiger partial charge in [-0.25, -0.2) is 4.98 Å². The van der Waals surface area contributed by atoms with Crippen molar-refractivity contribution in [3.05, 3.63) is 85.4 Å². The molecule has 0 N–H and O–H groups in total. The van der Waals surface area contributed by atoms with Gasteiger partial charge in [0, 0.05) is 17.7 Å². The lowest BCUT2D eigenvalue weighted by Crippen LogP contribution is -2.00. The average Bonchev–Trinajstić information content (AvgIpc) is 2.92. The molecule has 1 heterocycles. The van der Waals surface area contributed by atoms with Gasteiger partial charge in [0.2, 0.25) is 0 Å². The molecule has 0 aliphatic heterocycles. The Bertz CT molecular complexity index is 713. The average molecular weight is 290 g/mol. The molecular weight excluding hydrogens is 268 g/mol. The maximum Gasteiger partial charge on any atom is 0.0963 e. The van der Waals surface area contributed by atoms with Gasteiger partial charge in [0.05, 0.1) is 17.7 Å². The first-order chi connectivity index (χ1) is 10.7. The highest BCUT2D eigenvalue weighted by Gasteiger charge is 2.14. The van der Waals surface area contributed by atoms with Gasteiger partial charge in [-0.3, -0.25) is 0 Å². The van der Waals surface area contributed by atoms with E-state index in [4.69, 9.17) is 0 Å². The third-order valence-corrected chi connectivity index (χ3v) is 3.41. The quantitative estimate of drug-likeness (QED) is 0.529. The van der Waals surface area contributed by atoms with Gasteiger partial charge in [-0.1, -0.05) is 66.8 Å². The van der Waals surface area contributed by atoms with E-state index in [-0.39, 0.29) is 0 Å². The summed E-state index contributed by atoms with van der Waals surface area (Å²) in [5.74, 6) is 0. The van der Waals surface area contributed by atoms with E-state index in [2.05, 4.69) is 60.0 Å². The molecule has 0 spiro atoms. The molecule has 0 amide bonds. The highest BCUT2D eigenvalue weighted by atomic mass is 15.1. The second-order valence-electron chi connectivity index (χ2n) is 5.11. The van der Waals surface area contributed by atoms with Crippen LogP contribution in [-0.2, 0) is 6.54 Å². The largest absolute Gasteiger partial charge is 0.326 e. The number of aromatic nitrogens is 2. The zero-order valence-electron chi connectivity index (χ0n) is 13.3. The number of hydrogen-bond donors (Lipinski definition) is 0. The minimum atomic E-state index is 0.722. The van der Waals surface area contributed by atoms with E-state index in [1.54, 1.807) is 6.08 Å². The van der Waals surface area contributed by atoms with Crippen molar-refractivity contribution in [3.8, 4) is 11.3 Å². The second-order valence-corrected chi connectivity index (χ2v) is 5.11. The lowest BCUT2D eigenvalue weighted by Gasteiger charge is -2.10. The van der Waals surface area contributed by atoms with Crippen LogP contribution in [0.5, 0.6) is 0 Å². The first kappa shape index (κ1) is 15.8. The Morgan fingerprint density at radius 1 is 1.23 bits per heavy atom. The van der Waals surface area contributed by atoms with Crippen molar-refractivity contribution in [1.82, 2.24) is 9.55 Å². The molecule has 2 nitrogen and oxygen atoms in total. The molecule has 0 atom stereocenters. The standard InChI is InChI=1S/C20H22N2/c1-5-8-18(9-6-2)20-19(21-15-22(20)14-7-3)17-12-10-16(4)11-13-17/h5-13,15H,1,3,14H2,2,4H3/b9-6-,18-8+. The lowest BCUT2D eigenvalue weighted by atomic mass is 10.0. The van der Waals surface area contributed by atoms with Crippen LogP contribution in [0.4, 0.5) is 0 Å². The summed E-state index contributed by atoms with van der Waals surface area (Å²) in [5, 5.41) is 0. The molecule has 2 aromatic rings. The van der Waals surface area contributed by atoms with Crippen molar-refractivity contribution in [2.45, 2.75) is 20.4 Å². The number of allylic oxidation sites excluding steroid dienone is 6. The number of benzene rings is 1. The fourth-order valence-electron chi connectivity index (χ4n) is 2.41. The van der Waals surface area contributed by atoms with E-state index < -0.39 is 0 Å². The van der Waals surface area contributed by atoms with Crippen molar-refractivity contribution >= 4 is 5.57 Å². The Labute approximate surface area is 132 Å². The van der Waals surface area contributed by atoms with E-state index >= 15 is 0 Å². The summed E-state index contributed by atoms with van der Waals surface area (Å²) in [4.78, 5) is 4.63. The van der Waals surface area contributed by atoms with E-state index in [9.17, 15) is 0 Å². The van der Waals surface area contributed by atoms with Gasteiger partial charge in [-0.2, -0.15) is 0 Å². The van der Waals surface area contributed by atoms with Gasteiger partial charge in [0.1, 0.15) is 0 Å². The number of hydrogen-bond acceptors (Lipinski definition) is 1. The third-order valence-electron chi connectivity index (χ3n) is 3.41. The smallest absolute Gasteiger partial charge is 0.0963 e. The van der Waals surface area contributed by atoms with Crippen LogP contribution in [0, 0.1) is 6.92 Å². The van der Waals surface area contributed by atoms with Crippen LogP contribution in [0.3, 0.4) is 0 Å². The monoisotopic (exact) mass is 290 g/mol. The molecule has 0 saturated carbocycles. The van der Waals surface area contributed by atoms with Crippen molar-refractivity contribution in [1.29, 1.82) is 0 Å². The number of aryl methyl sites for hydroxylation is 1. The Morgan fingerprint density at radius 3 is 2.55 bits per heavy atom. The molecule has 0 bridgehead atoms. The molecule has 2 rings (SSSR count). The van der Waals surface area contributed by atoms with Crippen molar-refractivity contribution in [3.63, 3.8) is 0 Å². The summed E-state index contributed by atoms with van der Waals surface area (Å²) in [6.07, 6.45) is 11.7. The van der Waals surface area contributed by atoms with Gasteiger partial charge < -0.3 is 4.57 Å². The van der Waals surface area contributed by atoms with Gasteiger partial charge in [0.15, 0.2) is 0 Å². The summed E-state index contributed by atoms with van der Waals surface area (Å²) >= 11 is 0. The van der Waals surface area contributed by atoms with E-state index in [1.807, 2.05) is 31.5 Å². The molecule has 0 fully saturated rings. The molecule has 112 valence electrons. The zero-order chi connectivity index (χ0) is 15.9. The first-order valence-corrected chi connectivity index (χ1v) is 7.40. The Hall–Kier alpha value is -2.61. The second kappa shape index (κ2) is 7.41. The SMILES string of the molecule is C=C/C=C(\C=C/C)c1c(-c2ccc(C)cc2)ncn1CC=C. The zero-order valence-corrected chi connectivity index (χ0v) is 13.3. The van der Waals surface area contributed by atoms with Gasteiger partial charge in [-0.15, -0.1) is 6.58 Å². The minimum absolute atomic E-state index is 0.722. The maximum absolute atomic E-state index is 4.63. The highest BCUT2D eigenvalue weighted by Crippen LogP contribution is 2.29. The molecule has 0 radical (unpaired) electrons. The topological polar surface area (TPSA) is 17.8 Å². The van der Waals surface area contributed by atoms with Crippen LogP contribution >= 0.6 is 0 Å². The van der Waals surface area contributed by atoms with Crippen LogP contribution < -0.4 is 0 Å². The van der Waals surface area contributed by atoms with Gasteiger partial charge in [0.25, 0.3) is 0 Å². The highest BCUT2D eigenvalue weighted by molar-refractivity contribution is 5.82. The molecule has 1 aromatic heterocycles. The Balaban J connectivity index is 2.64. The summed E-state index contributed by atoms with van der Waals surface area (Å²) in [5.41, 5.74) is 5.51. The molecule has 0 aliphatic carbocycles. The fraction of sp³-hybridized carbons (Fsp3) is 0.150. The number of rotatable bonds is 6. The van der Waals surface area contributed by atoms with Crippen molar-refractivity contribution < 1.29 is 0 Å².